The number of benzene rings is 1. The highest BCUT2D eigenvalue weighted by atomic mass is 35.5. The van der Waals surface area contributed by atoms with Crippen molar-refractivity contribution in [2.24, 2.45) is 5.14 Å². The maximum Gasteiger partial charge on any atom is 0.239 e. The number of ether oxygens (including phenoxy) is 1. The smallest absolute Gasteiger partial charge is 0.239 e. The third-order valence-electron chi connectivity index (χ3n) is 4.34. The van der Waals surface area contributed by atoms with Crippen LogP contribution in [0.3, 0.4) is 0 Å². The molecule has 7 nitrogen and oxygen atoms in total. The zero-order valence-corrected chi connectivity index (χ0v) is 15.3. The van der Waals surface area contributed by atoms with E-state index in [-0.39, 0.29) is 21.8 Å². The van der Waals surface area contributed by atoms with E-state index in [4.69, 9.17) is 27.2 Å². The molecule has 1 aliphatic rings. The van der Waals surface area contributed by atoms with Gasteiger partial charge in [-0.1, -0.05) is 11.6 Å². The van der Waals surface area contributed by atoms with Gasteiger partial charge in [-0.25, -0.2) is 23.5 Å². The lowest BCUT2D eigenvalue weighted by Crippen LogP contribution is -2.17. The quantitative estimate of drug-likeness (QED) is 0.839. The van der Waals surface area contributed by atoms with Gasteiger partial charge >= 0.3 is 0 Å². The molecule has 0 amide bonds. The van der Waals surface area contributed by atoms with Gasteiger partial charge in [-0.3, -0.25) is 0 Å². The molecule has 2 aromatic rings. The molecule has 0 radical (unpaired) electrons. The fraction of sp³-hybridized carbons (Fsp3) is 0.375. The minimum atomic E-state index is -3.97. The standard InChI is InChI=1S/C16H19ClN4O3S/c1-9-13(8-20-16(18)21-9)11-6-12(10-2-4-24-5-3-10)15(17)14(7-11)25(19,22)23/h6-8,10H,2-5H2,1H3,(H2,18,20,21)(H2,19,22,23). The summed E-state index contributed by atoms with van der Waals surface area (Å²) < 4.78 is 29.4. The maximum atomic E-state index is 12.0. The van der Waals surface area contributed by atoms with Crippen LogP contribution in [0.1, 0.15) is 30.0 Å². The summed E-state index contributed by atoms with van der Waals surface area (Å²) in [6, 6.07) is 3.34. The Hall–Kier alpha value is -1.74. The molecule has 1 aliphatic heterocycles. The highest BCUT2D eigenvalue weighted by molar-refractivity contribution is 7.89. The van der Waals surface area contributed by atoms with Crippen LogP contribution in [-0.4, -0.2) is 31.6 Å². The summed E-state index contributed by atoms with van der Waals surface area (Å²) in [7, 11) is -3.97. The van der Waals surface area contributed by atoms with Crippen molar-refractivity contribution in [3.8, 4) is 11.1 Å². The second-order valence-electron chi connectivity index (χ2n) is 6.04. The minimum absolute atomic E-state index is 0.0932. The molecule has 1 aromatic heterocycles. The van der Waals surface area contributed by atoms with Crippen LogP contribution < -0.4 is 10.9 Å². The third-order valence-corrected chi connectivity index (χ3v) is 5.81. The number of halogens is 1. The van der Waals surface area contributed by atoms with Crippen LogP contribution in [0.5, 0.6) is 0 Å². The fourth-order valence-electron chi connectivity index (χ4n) is 3.06. The van der Waals surface area contributed by atoms with E-state index in [2.05, 4.69) is 9.97 Å². The van der Waals surface area contributed by atoms with Gasteiger partial charge in [0.1, 0.15) is 4.90 Å². The maximum absolute atomic E-state index is 12.0. The number of aromatic nitrogens is 2. The molecule has 1 fully saturated rings. The Morgan fingerprint density at radius 2 is 1.96 bits per heavy atom. The van der Waals surface area contributed by atoms with Gasteiger partial charge in [0.2, 0.25) is 16.0 Å². The van der Waals surface area contributed by atoms with Gasteiger partial charge in [0.05, 0.1) is 10.7 Å². The number of hydrogen-bond acceptors (Lipinski definition) is 6. The Labute approximate surface area is 151 Å². The average Bonchev–Trinajstić information content (AvgIpc) is 2.55. The molecule has 1 aromatic carbocycles. The van der Waals surface area contributed by atoms with Crippen LogP contribution in [0, 0.1) is 6.92 Å². The van der Waals surface area contributed by atoms with Crippen LogP contribution in [0.15, 0.2) is 23.2 Å². The Morgan fingerprint density at radius 3 is 2.56 bits per heavy atom. The average molecular weight is 383 g/mol. The van der Waals surface area contributed by atoms with E-state index in [1.165, 1.54) is 6.07 Å². The zero-order chi connectivity index (χ0) is 18.2. The molecule has 3 rings (SSSR count). The van der Waals surface area contributed by atoms with E-state index in [9.17, 15) is 8.42 Å². The summed E-state index contributed by atoms with van der Waals surface area (Å²) in [5.74, 6) is 0.267. The van der Waals surface area contributed by atoms with Crippen LogP contribution in [0.25, 0.3) is 11.1 Å². The molecule has 0 unspecified atom stereocenters. The molecule has 1 saturated heterocycles. The second-order valence-corrected chi connectivity index (χ2v) is 7.94. The molecule has 0 spiro atoms. The van der Waals surface area contributed by atoms with Gasteiger partial charge in [-0.2, -0.15) is 0 Å². The molecule has 25 heavy (non-hydrogen) atoms. The Morgan fingerprint density at radius 1 is 1.28 bits per heavy atom. The summed E-state index contributed by atoms with van der Waals surface area (Å²) in [6.45, 7) is 3.01. The molecule has 0 aliphatic carbocycles. The molecule has 0 bridgehead atoms. The lowest BCUT2D eigenvalue weighted by molar-refractivity contribution is 0.0853. The van der Waals surface area contributed by atoms with Gasteiger partial charge in [0, 0.05) is 25.0 Å². The normalized spacial score (nSPS) is 16.1. The van der Waals surface area contributed by atoms with Crippen LogP contribution in [-0.2, 0) is 14.8 Å². The van der Waals surface area contributed by atoms with E-state index in [1.54, 1.807) is 13.1 Å². The van der Waals surface area contributed by atoms with Crippen LogP contribution in [0.2, 0.25) is 5.02 Å². The first kappa shape index (κ1) is 18.1. The topological polar surface area (TPSA) is 121 Å². The molecule has 2 heterocycles. The van der Waals surface area contributed by atoms with Crippen molar-refractivity contribution in [1.82, 2.24) is 9.97 Å². The van der Waals surface area contributed by atoms with Gasteiger partial charge in [-0.15, -0.1) is 0 Å². The van der Waals surface area contributed by atoms with Gasteiger partial charge in [-0.05, 0) is 48.9 Å². The number of nitrogens with zero attached hydrogens (tertiary/aromatic N) is 2. The number of nitrogens with two attached hydrogens (primary N) is 2. The lowest BCUT2D eigenvalue weighted by atomic mass is 9.89. The van der Waals surface area contributed by atoms with Crippen molar-refractivity contribution in [2.75, 3.05) is 18.9 Å². The summed E-state index contributed by atoms with van der Waals surface area (Å²) >= 11 is 6.40. The number of aryl methyl sites for hydroxylation is 1. The van der Waals surface area contributed by atoms with Crippen molar-refractivity contribution < 1.29 is 13.2 Å². The van der Waals surface area contributed by atoms with Crippen molar-refractivity contribution in [3.05, 3.63) is 34.6 Å². The lowest BCUT2D eigenvalue weighted by Gasteiger charge is -2.25. The third kappa shape index (κ3) is 3.77. The molecule has 4 N–H and O–H groups in total. The SMILES string of the molecule is Cc1nc(N)ncc1-c1cc(C2CCOCC2)c(Cl)c(S(N)(=O)=O)c1. The highest BCUT2D eigenvalue weighted by Crippen LogP contribution is 2.39. The Kier molecular flexibility index (Phi) is 4.97. The molecular weight excluding hydrogens is 364 g/mol. The van der Waals surface area contributed by atoms with E-state index < -0.39 is 10.0 Å². The van der Waals surface area contributed by atoms with Crippen molar-refractivity contribution in [2.45, 2.75) is 30.6 Å². The number of primary sulfonamides is 1. The number of rotatable bonds is 3. The van der Waals surface area contributed by atoms with E-state index in [0.29, 0.717) is 30.0 Å². The summed E-state index contributed by atoms with van der Waals surface area (Å²) in [5.41, 5.74) is 8.33. The summed E-state index contributed by atoms with van der Waals surface area (Å²) in [4.78, 5) is 8.05. The van der Waals surface area contributed by atoms with Gasteiger partial charge in [0.25, 0.3) is 0 Å². The summed E-state index contributed by atoms with van der Waals surface area (Å²) in [6.07, 6.45) is 3.11. The predicted molar refractivity (Wildman–Crippen MR) is 95.8 cm³/mol. The second kappa shape index (κ2) is 6.87. The predicted octanol–water partition coefficient (Wildman–Crippen LogP) is 2.23. The molecule has 9 heteroatoms. The number of anilines is 1. The Balaban J connectivity index is 2.22. The van der Waals surface area contributed by atoms with Crippen molar-refractivity contribution in [3.63, 3.8) is 0 Å². The summed E-state index contributed by atoms with van der Waals surface area (Å²) in [5, 5.41) is 5.55. The van der Waals surface area contributed by atoms with Crippen molar-refractivity contribution in [1.29, 1.82) is 0 Å². The first-order chi connectivity index (χ1) is 11.8. The largest absolute Gasteiger partial charge is 0.381 e. The van der Waals surface area contributed by atoms with Crippen LogP contribution in [0.4, 0.5) is 5.95 Å². The van der Waals surface area contributed by atoms with E-state index >= 15 is 0 Å². The minimum Gasteiger partial charge on any atom is -0.381 e. The number of nitrogen functional groups attached to an aromatic ring is 1. The molecule has 0 atom stereocenters. The van der Waals surface area contributed by atoms with Crippen molar-refractivity contribution >= 4 is 27.6 Å². The van der Waals surface area contributed by atoms with E-state index in [1.807, 2.05) is 6.07 Å². The fourth-order valence-corrected chi connectivity index (χ4v) is 4.30. The number of sulfonamides is 1. The van der Waals surface area contributed by atoms with Gasteiger partial charge < -0.3 is 10.5 Å². The monoisotopic (exact) mass is 382 g/mol. The Bertz CT molecular complexity index is 912. The first-order valence-electron chi connectivity index (χ1n) is 7.81. The van der Waals surface area contributed by atoms with E-state index in [0.717, 1.165) is 18.4 Å². The van der Waals surface area contributed by atoms with Crippen LogP contribution >= 0.6 is 11.6 Å². The highest BCUT2D eigenvalue weighted by Gasteiger charge is 2.25. The first-order valence-corrected chi connectivity index (χ1v) is 9.73. The molecule has 134 valence electrons. The molecule has 0 saturated carbocycles. The number of hydrogen-bond donors (Lipinski definition) is 2. The zero-order valence-electron chi connectivity index (χ0n) is 13.7. The molecular formula is C16H19ClN4O3S. The van der Waals surface area contributed by atoms with Gasteiger partial charge in [0.15, 0.2) is 0 Å².